The van der Waals surface area contributed by atoms with Gasteiger partial charge in [0.1, 0.15) is 0 Å². The molecule has 0 amide bonds. The zero-order chi connectivity index (χ0) is 19.0. The smallest absolute Gasteiger partial charge is 0.328 e. The fourth-order valence-corrected chi connectivity index (χ4v) is 2.92. The first-order valence-electron chi connectivity index (χ1n) is 8.36. The van der Waals surface area contributed by atoms with Gasteiger partial charge in [-0.25, -0.2) is 0 Å². The van der Waals surface area contributed by atoms with Crippen LogP contribution in [0, 0.1) is 5.41 Å². The molecule has 0 unspecified atom stereocenters. The summed E-state index contributed by atoms with van der Waals surface area (Å²) in [6.07, 6.45) is 3.26. The second-order valence-electron chi connectivity index (χ2n) is 5.72. The molecular weight excluding hydrogens is 387 g/mol. The van der Waals surface area contributed by atoms with Gasteiger partial charge in [0.05, 0.1) is 21.7 Å². The van der Waals surface area contributed by atoms with Gasteiger partial charge in [0.15, 0.2) is 11.2 Å². The van der Waals surface area contributed by atoms with E-state index in [0.29, 0.717) is 0 Å². The molecule has 0 fully saturated rings. The molecule has 0 aliphatic heterocycles. The highest BCUT2D eigenvalue weighted by Crippen LogP contribution is 2.37. The van der Waals surface area contributed by atoms with Gasteiger partial charge in [0.25, 0.3) is 0 Å². The highest BCUT2D eigenvalue weighted by atomic mass is 35.5. The lowest BCUT2D eigenvalue weighted by atomic mass is 9.82. The summed E-state index contributed by atoms with van der Waals surface area (Å²) in [7, 11) is 0. The Balaban J connectivity index is 2.95. The molecule has 1 rings (SSSR count). The number of unbranched alkanes of at least 4 members (excludes halogenated alkanes) is 2. The molecule has 0 heterocycles. The minimum Gasteiger partial charge on any atom is -0.465 e. The molecule has 0 radical (unpaired) electrons. The maximum Gasteiger partial charge on any atom is 0.328 e. The van der Waals surface area contributed by atoms with E-state index in [9.17, 15) is 9.59 Å². The maximum absolute atomic E-state index is 12.7. The Morgan fingerprint density at radius 3 is 2.08 bits per heavy atom. The minimum absolute atomic E-state index is 0.0612. The Kier molecular flexibility index (Phi) is 9.04. The molecule has 1 aromatic rings. The van der Waals surface area contributed by atoms with Crippen molar-refractivity contribution in [3.05, 3.63) is 27.2 Å². The summed E-state index contributed by atoms with van der Waals surface area (Å²) in [5.74, 6) is -1.22. The van der Waals surface area contributed by atoms with Crippen molar-refractivity contribution < 1.29 is 19.1 Å². The number of benzene rings is 1. The van der Waals surface area contributed by atoms with Crippen molar-refractivity contribution >= 4 is 46.7 Å². The summed E-state index contributed by atoms with van der Waals surface area (Å²) in [4.78, 5) is 25.2. The van der Waals surface area contributed by atoms with E-state index in [-0.39, 0.29) is 40.3 Å². The van der Waals surface area contributed by atoms with Crippen LogP contribution < -0.4 is 4.74 Å². The first-order valence-corrected chi connectivity index (χ1v) is 9.49. The van der Waals surface area contributed by atoms with E-state index in [0.717, 1.165) is 19.3 Å². The Bertz CT molecular complexity index is 613. The molecule has 1 aromatic carbocycles. The van der Waals surface area contributed by atoms with Gasteiger partial charge >= 0.3 is 11.9 Å². The molecular formula is C18H23Cl3O4. The van der Waals surface area contributed by atoms with E-state index in [1.807, 2.05) is 0 Å². The quantitative estimate of drug-likeness (QED) is 0.163. The molecule has 0 atom stereocenters. The minimum atomic E-state index is -1.37. The van der Waals surface area contributed by atoms with Crippen LogP contribution in [0.25, 0.3) is 0 Å². The Morgan fingerprint density at radius 2 is 1.52 bits per heavy atom. The van der Waals surface area contributed by atoms with Crippen LogP contribution in [0.3, 0.4) is 0 Å². The van der Waals surface area contributed by atoms with Gasteiger partial charge in [0, 0.05) is 6.07 Å². The third kappa shape index (κ3) is 5.50. The number of halogens is 3. The van der Waals surface area contributed by atoms with E-state index in [2.05, 4.69) is 6.92 Å². The number of carbonyl (C=O) groups excluding carboxylic acids is 2. The monoisotopic (exact) mass is 408 g/mol. The summed E-state index contributed by atoms with van der Waals surface area (Å²) in [5.41, 5.74) is -1.37. The summed E-state index contributed by atoms with van der Waals surface area (Å²) < 4.78 is 10.7. The summed E-state index contributed by atoms with van der Waals surface area (Å²) in [6, 6.07) is 2.74. The fraction of sp³-hybridized carbons (Fsp3) is 0.556. The fourth-order valence-electron chi connectivity index (χ4n) is 2.35. The zero-order valence-corrected chi connectivity index (χ0v) is 16.9. The molecule has 0 spiro atoms. The lowest BCUT2D eigenvalue weighted by Crippen LogP contribution is -2.42. The van der Waals surface area contributed by atoms with Crippen molar-refractivity contribution in [3.8, 4) is 5.75 Å². The predicted octanol–water partition coefficient (Wildman–Crippen LogP) is 6.09. The molecule has 140 valence electrons. The molecule has 0 aromatic heterocycles. The highest BCUT2D eigenvalue weighted by Gasteiger charge is 2.46. The third-order valence-electron chi connectivity index (χ3n) is 4.15. The maximum atomic E-state index is 12.7. The molecule has 0 aliphatic carbocycles. The lowest BCUT2D eigenvalue weighted by molar-refractivity contribution is -0.168. The van der Waals surface area contributed by atoms with Crippen molar-refractivity contribution in [2.45, 2.75) is 52.9 Å². The standard InChI is InChI=1S/C18H23Cl3O4/c1-4-7-8-9-24-16(22)18(5-2,6-3)17(23)25-15-11-13(20)12(19)10-14(15)21/h10-11H,4-9H2,1-3H3. The van der Waals surface area contributed by atoms with E-state index in [1.165, 1.54) is 12.1 Å². The second-order valence-corrected chi connectivity index (χ2v) is 6.94. The van der Waals surface area contributed by atoms with Crippen LogP contribution >= 0.6 is 34.8 Å². The van der Waals surface area contributed by atoms with Crippen molar-refractivity contribution in [3.63, 3.8) is 0 Å². The van der Waals surface area contributed by atoms with E-state index in [1.54, 1.807) is 13.8 Å². The molecule has 0 saturated heterocycles. The van der Waals surface area contributed by atoms with Crippen LogP contribution in [0.4, 0.5) is 0 Å². The molecule has 4 nitrogen and oxygen atoms in total. The molecule has 7 heteroatoms. The molecule has 0 N–H and O–H groups in total. The Hall–Kier alpha value is -0.970. The summed E-state index contributed by atoms with van der Waals surface area (Å²) >= 11 is 17.9. The number of carbonyl (C=O) groups is 2. The van der Waals surface area contributed by atoms with Gasteiger partial charge in [-0.2, -0.15) is 0 Å². The van der Waals surface area contributed by atoms with Gasteiger partial charge in [-0.15, -0.1) is 0 Å². The lowest BCUT2D eigenvalue weighted by Gasteiger charge is -2.27. The van der Waals surface area contributed by atoms with Crippen LogP contribution in [0.1, 0.15) is 52.9 Å². The number of hydrogen-bond acceptors (Lipinski definition) is 4. The zero-order valence-electron chi connectivity index (χ0n) is 14.7. The van der Waals surface area contributed by atoms with Crippen LogP contribution in [0.5, 0.6) is 5.75 Å². The molecule has 0 saturated carbocycles. The SMILES string of the molecule is CCCCCOC(=O)C(CC)(CC)C(=O)Oc1cc(Cl)c(Cl)cc1Cl. The van der Waals surface area contributed by atoms with Gasteiger partial charge < -0.3 is 9.47 Å². The topological polar surface area (TPSA) is 52.6 Å². The highest BCUT2D eigenvalue weighted by molar-refractivity contribution is 6.43. The van der Waals surface area contributed by atoms with Crippen molar-refractivity contribution in [1.82, 2.24) is 0 Å². The predicted molar refractivity (Wildman–Crippen MR) is 101 cm³/mol. The Labute approximate surface area is 163 Å². The van der Waals surface area contributed by atoms with E-state index in [4.69, 9.17) is 44.3 Å². The normalized spacial score (nSPS) is 11.3. The van der Waals surface area contributed by atoms with Crippen LogP contribution in [0.15, 0.2) is 12.1 Å². The average Bonchev–Trinajstić information content (AvgIpc) is 2.58. The molecule has 25 heavy (non-hydrogen) atoms. The first-order chi connectivity index (χ1) is 11.8. The van der Waals surface area contributed by atoms with Gasteiger partial charge in [-0.3, -0.25) is 9.59 Å². The van der Waals surface area contributed by atoms with Gasteiger partial charge in [-0.05, 0) is 25.3 Å². The average molecular weight is 410 g/mol. The largest absolute Gasteiger partial charge is 0.465 e. The first kappa shape index (κ1) is 22.1. The van der Waals surface area contributed by atoms with Crippen molar-refractivity contribution in [1.29, 1.82) is 0 Å². The van der Waals surface area contributed by atoms with Crippen molar-refractivity contribution in [2.24, 2.45) is 5.41 Å². The van der Waals surface area contributed by atoms with Crippen LogP contribution in [-0.2, 0) is 14.3 Å². The number of esters is 2. The van der Waals surface area contributed by atoms with Crippen LogP contribution in [0.2, 0.25) is 15.1 Å². The summed E-state index contributed by atoms with van der Waals surface area (Å²) in [6.45, 7) is 5.83. The Morgan fingerprint density at radius 1 is 0.920 bits per heavy atom. The van der Waals surface area contributed by atoms with Crippen LogP contribution in [-0.4, -0.2) is 18.5 Å². The third-order valence-corrected chi connectivity index (χ3v) is 5.16. The number of hydrogen-bond donors (Lipinski definition) is 0. The number of rotatable bonds is 9. The van der Waals surface area contributed by atoms with E-state index >= 15 is 0 Å². The summed E-state index contributed by atoms with van der Waals surface area (Å²) in [5, 5.41) is 0.592. The molecule has 0 bridgehead atoms. The molecule has 0 aliphatic rings. The van der Waals surface area contributed by atoms with E-state index < -0.39 is 17.4 Å². The second kappa shape index (κ2) is 10.2. The number of ether oxygens (including phenoxy) is 2. The van der Waals surface area contributed by atoms with Gasteiger partial charge in [-0.1, -0.05) is 68.4 Å². The van der Waals surface area contributed by atoms with Gasteiger partial charge in [0.2, 0.25) is 0 Å². The van der Waals surface area contributed by atoms with Crippen molar-refractivity contribution in [2.75, 3.05) is 6.61 Å².